The zero-order valence-electron chi connectivity index (χ0n) is 11.5. The smallest absolute Gasteiger partial charge is 0.234 e. The number of methoxy groups -OCH3 is 1. The summed E-state index contributed by atoms with van der Waals surface area (Å²) in [6, 6.07) is 4.14. The largest absolute Gasteiger partial charge is 0.496 e. The van der Waals surface area contributed by atoms with Crippen LogP contribution in [0.3, 0.4) is 0 Å². The summed E-state index contributed by atoms with van der Waals surface area (Å²) in [5.41, 5.74) is 4.26. The summed E-state index contributed by atoms with van der Waals surface area (Å²) in [6.45, 7) is 4.16. The third-order valence-corrected chi connectivity index (χ3v) is 3.78. The molecule has 2 aromatic heterocycles. The van der Waals surface area contributed by atoms with Crippen molar-refractivity contribution in [1.29, 1.82) is 0 Å². The number of aromatic nitrogens is 3. The van der Waals surface area contributed by atoms with Crippen LogP contribution >= 0.6 is 15.9 Å². The quantitative estimate of drug-likeness (QED) is 0.717. The molecule has 0 aliphatic heterocycles. The molecule has 0 atom stereocenters. The van der Waals surface area contributed by atoms with E-state index in [1.54, 1.807) is 13.3 Å². The maximum absolute atomic E-state index is 5.48. The monoisotopic (exact) mass is 331 g/mol. The number of benzene rings is 1. The van der Waals surface area contributed by atoms with Crippen LogP contribution in [-0.4, -0.2) is 21.5 Å². The summed E-state index contributed by atoms with van der Waals surface area (Å²) in [7, 11) is 1.68. The minimum Gasteiger partial charge on any atom is -0.496 e. The van der Waals surface area contributed by atoms with E-state index in [-0.39, 0.29) is 0 Å². The van der Waals surface area contributed by atoms with Crippen LogP contribution in [0.15, 0.2) is 35.2 Å². The second kappa shape index (κ2) is 4.90. The van der Waals surface area contributed by atoms with Crippen LogP contribution in [0, 0.1) is 13.8 Å². The molecule has 3 rings (SSSR count). The molecule has 2 heterocycles. The molecule has 4 nitrogen and oxygen atoms in total. The van der Waals surface area contributed by atoms with Crippen LogP contribution < -0.4 is 4.74 Å². The van der Waals surface area contributed by atoms with E-state index in [0.29, 0.717) is 5.78 Å². The number of imidazole rings is 1. The molecule has 0 spiro atoms. The Morgan fingerprint density at radius 3 is 2.65 bits per heavy atom. The maximum atomic E-state index is 5.48. The number of hydrogen-bond acceptors (Lipinski definition) is 3. The number of halogens is 1. The van der Waals surface area contributed by atoms with Crippen molar-refractivity contribution >= 4 is 21.7 Å². The first-order chi connectivity index (χ1) is 9.58. The Balaban J connectivity index is 2.22. The van der Waals surface area contributed by atoms with Gasteiger partial charge in [-0.3, -0.25) is 4.40 Å². The first kappa shape index (κ1) is 13.1. The molecule has 3 aromatic rings. The van der Waals surface area contributed by atoms with Crippen LogP contribution in [0.1, 0.15) is 11.1 Å². The molecule has 0 aliphatic carbocycles. The normalized spacial score (nSPS) is 11.0. The van der Waals surface area contributed by atoms with Gasteiger partial charge in [0.1, 0.15) is 5.75 Å². The highest BCUT2D eigenvalue weighted by Gasteiger charge is 2.12. The van der Waals surface area contributed by atoms with Crippen LogP contribution in [0.5, 0.6) is 5.75 Å². The fraction of sp³-hybridized carbons (Fsp3) is 0.200. The van der Waals surface area contributed by atoms with Gasteiger partial charge < -0.3 is 4.74 Å². The van der Waals surface area contributed by atoms with Gasteiger partial charge in [0, 0.05) is 24.2 Å². The van der Waals surface area contributed by atoms with Gasteiger partial charge in [-0.15, -0.1) is 0 Å². The van der Waals surface area contributed by atoms with Gasteiger partial charge >= 0.3 is 0 Å². The molecule has 1 aromatic carbocycles. The van der Waals surface area contributed by atoms with E-state index in [9.17, 15) is 0 Å². The highest BCUT2D eigenvalue weighted by atomic mass is 79.9. The lowest BCUT2D eigenvalue weighted by molar-refractivity contribution is 0.416. The molecular weight excluding hydrogens is 318 g/mol. The minimum atomic E-state index is 0.670. The first-order valence-electron chi connectivity index (χ1n) is 6.24. The van der Waals surface area contributed by atoms with Crippen molar-refractivity contribution in [3.05, 3.63) is 46.3 Å². The van der Waals surface area contributed by atoms with Gasteiger partial charge in [0.05, 0.1) is 17.3 Å². The molecule has 5 heteroatoms. The van der Waals surface area contributed by atoms with Crippen molar-refractivity contribution in [3.8, 4) is 17.0 Å². The van der Waals surface area contributed by atoms with Crippen molar-refractivity contribution in [3.63, 3.8) is 0 Å². The number of rotatable bonds is 2. The Kier molecular flexibility index (Phi) is 3.22. The van der Waals surface area contributed by atoms with E-state index in [4.69, 9.17) is 4.74 Å². The molecule has 0 bridgehead atoms. The first-order valence-corrected chi connectivity index (χ1v) is 7.03. The summed E-state index contributed by atoms with van der Waals surface area (Å²) in [6.07, 6.45) is 5.63. The zero-order chi connectivity index (χ0) is 14.3. The fourth-order valence-electron chi connectivity index (χ4n) is 2.15. The number of ether oxygens (including phenoxy) is 1. The Morgan fingerprint density at radius 1 is 1.15 bits per heavy atom. The standard InChI is InChI=1S/C15H14BrN3O/c1-9-4-12(14(20-3)5-10(9)2)13-8-19-7-11(16)6-17-15(19)18-13/h4-8H,1-3H3. The highest BCUT2D eigenvalue weighted by Crippen LogP contribution is 2.32. The van der Waals surface area contributed by atoms with Crippen LogP contribution in [0.25, 0.3) is 17.0 Å². The minimum absolute atomic E-state index is 0.670. The third-order valence-electron chi connectivity index (χ3n) is 3.37. The van der Waals surface area contributed by atoms with Crippen LogP contribution in [-0.2, 0) is 0 Å². The van der Waals surface area contributed by atoms with Crippen molar-refractivity contribution in [1.82, 2.24) is 14.4 Å². The summed E-state index contributed by atoms with van der Waals surface area (Å²) in [5.74, 6) is 1.50. The molecule has 102 valence electrons. The summed E-state index contributed by atoms with van der Waals surface area (Å²) < 4.78 is 8.29. The van der Waals surface area contributed by atoms with Gasteiger partial charge in [-0.25, -0.2) is 9.97 Å². The van der Waals surface area contributed by atoms with Gasteiger partial charge in [0.25, 0.3) is 0 Å². The molecule has 0 N–H and O–H groups in total. The second-order valence-corrected chi connectivity index (χ2v) is 5.66. The van der Waals surface area contributed by atoms with Crippen LogP contribution in [0.2, 0.25) is 0 Å². The lowest BCUT2D eigenvalue weighted by atomic mass is 10.0. The Hall–Kier alpha value is -1.88. The lowest BCUT2D eigenvalue weighted by Gasteiger charge is -2.09. The van der Waals surface area contributed by atoms with E-state index in [1.807, 2.05) is 22.9 Å². The Morgan fingerprint density at radius 2 is 1.90 bits per heavy atom. The lowest BCUT2D eigenvalue weighted by Crippen LogP contribution is -1.91. The SMILES string of the molecule is COc1cc(C)c(C)cc1-c1cn2cc(Br)cnc2n1. The molecule has 20 heavy (non-hydrogen) atoms. The predicted molar refractivity (Wildman–Crippen MR) is 82.1 cm³/mol. The molecule has 0 saturated carbocycles. The van der Waals surface area contributed by atoms with E-state index in [0.717, 1.165) is 21.5 Å². The Labute approximate surface area is 125 Å². The molecule has 0 unspecified atom stereocenters. The van der Waals surface area contributed by atoms with Gasteiger partial charge in [-0.2, -0.15) is 0 Å². The highest BCUT2D eigenvalue weighted by molar-refractivity contribution is 9.10. The number of fused-ring (bicyclic) bond motifs is 1. The van der Waals surface area contributed by atoms with Crippen LogP contribution in [0.4, 0.5) is 0 Å². The van der Waals surface area contributed by atoms with Gasteiger partial charge in [0.2, 0.25) is 5.78 Å². The summed E-state index contributed by atoms with van der Waals surface area (Å²) >= 11 is 3.41. The molecule has 0 radical (unpaired) electrons. The van der Waals surface area contributed by atoms with Gasteiger partial charge in [-0.1, -0.05) is 0 Å². The topological polar surface area (TPSA) is 39.4 Å². The zero-order valence-corrected chi connectivity index (χ0v) is 13.1. The molecular formula is C15H14BrN3O. The van der Waals surface area contributed by atoms with Gasteiger partial charge in [-0.05, 0) is 53.0 Å². The Bertz CT molecular complexity index is 795. The molecule has 0 amide bonds. The van der Waals surface area contributed by atoms with E-state index in [2.05, 4.69) is 45.8 Å². The molecule has 0 aliphatic rings. The average Bonchev–Trinajstić information content (AvgIpc) is 2.84. The summed E-state index contributed by atoms with van der Waals surface area (Å²) in [4.78, 5) is 8.84. The van der Waals surface area contributed by atoms with Crippen molar-refractivity contribution in [2.45, 2.75) is 13.8 Å². The van der Waals surface area contributed by atoms with E-state index >= 15 is 0 Å². The fourth-order valence-corrected chi connectivity index (χ4v) is 2.47. The van der Waals surface area contributed by atoms with Crippen molar-refractivity contribution < 1.29 is 4.74 Å². The maximum Gasteiger partial charge on any atom is 0.234 e. The third kappa shape index (κ3) is 2.18. The average molecular weight is 332 g/mol. The number of nitrogens with zero attached hydrogens (tertiary/aromatic N) is 3. The summed E-state index contributed by atoms with van der Waals surface area (Å²) in [5, 5.41) is 0. The molecule has 0 fully saturated rings. The van der Waals surface area contributed by atoms with Crippen molar-refractivity contribution in [2.24, 2.45) is 0 Å². The van der Waals surface area contributed by atoms with E-state index < -0.39 is 0 Å². The van der Waals surface area contributed by atoms with E-state index in [1.165, 1.54) is 11.1 Å². The number of aryl methyl sites for hydroxylation is 2. The predicted octanol–water partition coefficient (Wildman–Crippen LogP) is 3.78. The van der Waals surface area contributed by atoms with Gasteiger partial charge in [0.15, 0.2) is 0 Å². The second-order valence-electron chi connectivity index (χ2n) is 4.74. The number of hydrogen-bond donors (Lipinski definition) is 0. The molecule has 0 saturated heterocycles. The van der Waals surface area contributed by atoms with Crippen molar-refractivity contribution in [2.75, 3.05) is 7.11 Å².